The van der Waals surface area contributed by atoms with Gasteiger partial charge in [0.2, 0.25) is 11.8 Å². The fourth-order valence-electron chi connectivity index (χ4n) is 4.82. The molecule has 4 aromatic rings. The van der Waals surface area contributed by atoms with E-state index in [9.17, 15) is 18.0 Å². The molecule has 4 rings (SSSR count). The molecule has 46 heavy (non-hydrogen) atoms. The van der Waals surface area contributed by atoms with Gasteiger partial charge in [-0.05, 0) is 92.9 Å². The van der Waals surface area contributed by atoms with E-state index < -0.39 is 28.5 Å². The number of rotatable bonds is 14. The zero-order valence-electron chi connectivity index (χ0n) is 26.5. The maximum Gasteiger partial charge on any atom is 0.264 e. The standard InChI is InChI=1S/C36H40ClN3O5S/c1-5-27(4)38-36(42)34(6-2)39(24-28-14-16-29(37)17-15-28)35(41)25-40(46(43,44)33-22-12-26(3)13-23-33)30-18-20-32(21-19-30)45-31-10-8-7-9-11-31/h7-23,27,34H,5-6,24-25H2,1-4H3,(H,38,42)/t27-,34+/m1/s1. The monoisotopic (exact) mass is 661 g/mol. The van der Waals surface area contributed by atoms with Crippen molar-refractivity contribution in [1.29, 1.82) is 0 Å². The minimum atomic E-state index is -4.20. The number of hydrogen-bond donors (Lipinski definition) is 1. The van der Waals surface area contributed by atoms with Gasteiger partial charge >= 0.3 is 0 Å². The first-order chi connectivity index (χ1) is 22.0. The topological polar surface area (TPSA) is 96.0 Å². The Bertz CT molecular complexity index is 1700. The van der Waals surface area contributed by atoms with Gasteiger partial charge in [-0.15, -0.1) is 0 Å². The van der Waals surface area contributed by atoms with Crippen LogP contribution < -0.4 is 14.4 Å². The SMILES string of the molecule is CC[C@@H](C)NC(=O)[C@H](CC)N(Cc1ccc(Cl)cc1)C(=O)CN(c1ccc(Oc2ccccc2)cc1)S(=O)(=O)c1ccc(C)cc1. The summed E-state index contributed by atoms with van der Waals surface area (Å²) in [7, 11) is -4.20. The number of benzene rings is 4. The van der Waals surface area contributed by atoms with Crippen molar-refractivity contribution >= 4 is 39.1 Å². The Balaban J connectivity index is 1.72. The number of sulfonamides is 1. The van der Waals surface area contributed by atoms with Crippen LogP contribution in [0.15, 0.2) is 108 Å². The number of ether oxygens (including phenoxy) is 1. The Morgan fingerprint density at radius 2 is 1.43 bits per heavy atom. The van der Waals surface area contributed by atoms with Crippen LogP contribution in [0.2, 0.25) is 5.02 Å². The lowest BCUT2D eigenvalue weighted by atomic mass is 10.1. The third kappa shape index (κ3) is 8.89. The maximum atomic E-state index is 14.3. The molecular weight excluding hydrogens is 622 g/mol. The van der Waals surface area contributed by atoms with Crippen LogP contribution in [0.1, 0.15) is 44.7 Å². The molecule has 4 aromatic carbocycles. The number of halogens is 1. The molecule has 0 saturated carbocycles. The number of nitrogens with zero attached hydrogens (tertiary/aromatic N) is 2. The first-order valence-corrected chi connectivity index (χ1v) is 17.1. The maximum absolute atomic E-state index is 14.3. The summed E-state index contributed by atoms with van der Waals surface area (Å²) < 4.78 is 35.3. The van der Waals surface area contributed by atoms with Gasteiger partial charge in [0.1, 0.15) is 24.1 Å². The van der Waals surface area contributed by atoms with Gasteiger partial charge in [0.15, 0.2) is 0 Å². The lowest BCUT2D eigenvalue weighted by Gasteiger charge is -2.33. The van der Waals surface area contributed by atoms with Crippen molar-refractivity contribution in [2.75, 3.05) is 10.8 Å². The van der Waals surface area contributed by atoms with E-state index in [0.29, 0.717) is 22.9 Å². The van der Waals surface area contributed by atoms with Crippen LogP contribution in [0, 0.1) is 6.92 Å². The Morgan fingerprint density at radius 3 is 2.02 bits per heavy atom. The van der Waals surface area contributed by atoms with Gasteiger partial charge in [0.25, 0.3) is 10.0 Å². The van der Waals surface area contributed by atoms with Gasteiger partial charge in [0, 0.05) is 17.6 Å². The summed E-state index contributed by atoms with van der Waals surface area (Å²) >= 11 is 6.11. The summed E-state index contributed by atoms with van der Waals surface area (Å²) in [4.78, 5) is 29.2. The van der Waals surface area contributed by atoms with Crippen molar-refractivity contribution < 1.29 is 22.7 Å². The van der Waals surface area contributed by atoms with E-state index in [4.69, 9.17) is 16.3 Å². The molecule has 0 unspecified atom stereocenters. The molecule has 2 amide bonds. The third-order valence-electron chi connectivity index (χ3n) is 7.64. The van der Waals surface area contributed by atoms with E-state index in [1.807, 2.05) is 58.0 Å². The fourth-order valence-corrected chi connectivity index (χ4v) is 6.36. The molecule has 0 radical (unpaired) electrons. The minimum Gasteiger partial charge on any atom is -0.457 e. The summed E-state index contributed by atoms with van der Waals surface area (Å²) in [6.45, 7) is 7.12. The van der Waals surface area contributed by atoms with Crippen LogP contribution in [-0.4, -0.2) is 43.8 Å². The number of nitrogens with one attached hydrogen (secondary N) is 1. The molecule has 0 saturated heterocycles. The fraction of sp³-hybridized carbons (Fsp3) is 0.278. The Labute approximate surface area is 277 Å². The van der Waals surface area contributed by atoms with E-state index in [-0.39, 0.29) is 29.1 Å². The van der Waals surface area contributed by atoms with Crippen LogP contribution in [0.3, 0.4) is 0 Å². The van der Waals surface area contributed by atoms with Crippen LogP contribution in [0.5, 0.6) is 11.5 Å². The Kier molecular flexibility index (Phi) is 11.8. The number of aryl methyl sites for hydroxylation is 1. The first kappa shape index (κ1) is 34.5. The van der Waals surface area contributed by atoms with Crippen LogP contribution in [-0.2, 0) is 26.2 Å². The number of carbonyl (C=O) groups excluding carboxylic acids is 2. The van der Waals surface area contributed by atoms with Gasteiger partial charge in [-0.3, -0.25) is 13.9 Å². The number of para-hydroxylation sites is 1. The lowest BCUT2D eigenvalue weighted by molar-refractivity contribution is -0.140. The quantitative estimate of drug-likeness (QED) is 0.152. The smallest absolute Gasteiger partial charge is 0.264 e. The largest absolute Gasteiger partial charge is 0.457 e. The van der Waals surface area contributed by atoms with E-state index in [1.165, 1.54) is 17.0 Å². The highest BCUT2D eigenvalue weighted by Gasteiger charge is 2.34. The zero-order valence-corrected chi connectivity index (χ0v) is 28.1. The predicted molar refractivity (Wildman–Crippen MR) is 183 cm³/mol. The average molecular weight is 662 g/mol. The van der Waals surface area contributed by atoms with Crippen LogP contribution >= 0.6 is 11.6 Å². The van der Waals surface area contributed by atoms with E-state index in [1.54, 1.807) is 60.7 Å². The van der Waals surface area contributed by atoms with E-state index in [0.717, 1.165) is 21.9 Å². The molecule has 0 fully saturated rings. The number of carbonyl (C=O) groups is 2. The van der Waals surface area contributed by atoms with Crippen molar-refractivity contribution in [3.8, 4) is 11.5 Å². The number of amides is 2. The van der Waals surface area contributed by atoms with Gasteiger partial charge in [-0.2, -0.15) is 0 Å². The normalized spacial score (nSPS) is 12.5. The average Bonchev–Trinajstić information content (AvgIpc) is 3.05. The van der Waals surface area contributed by atoms with Gasteiger partial charge in [0.05, 0.1) is 10.6 Å². The molecular formula is C36H40ClN3O5S. The summed E-state index contributed by atoms with van der Waals surface area (Å²) in [5.41, 5.74) is 1.93. The highest BCUT2D eigenvalue weighted by Crippen LogP contribution is 2.29. The molecule has 10 heteroatoms. The van der Waals surface area contributed by atoms with E-state index >= 15 is 0 Å². The molecule has 0 bridgehead atoms. The lowest BCUT2D eigenvalue weighted by Crippen LogP contribution is -2.53. The van der Waals surface area contributed by atoms with Crippen molar-refractivity contribution in [3.05, 3.63) is 119 Å². The molecule has 1 N–H and O–H groups in total. The molecule has 0 aliphatic heterocycles. The van der Waals surface area contributed by atoms with Gasteiger partial charge in [-0.1, -0.05) is 73.5 Å². The van der Waals surface area contributed by atoms with Gasteiger partial charge in [-0.25, -0.2) is 8.42 Å². The molecule has 0 aromatic heterocycles. The third-order valence-corrected chi connectivity index (χ3v) is 9.68. The molecule has 242 valence electrons. The second-order valence-electron chi connectivity index (χ2n) is 11.1. The molecule has 0 heterocycles. The second kappa shape index (κ2) is 15.8. The highest BCUT2D eigenvalue weighted by molar-refractivity contribution is 7.92. The summed E-state index contributed by atoms with van der Waals surface area (Å²) in [6, 6.07) is 28.3. The first-order valence-electron chi connectivity index (χ1n) is 15.3. The predicted octanol–water partition coefficient (Wildman–Crippen LogP) is 7.36. The number of anilines is 1. The van der Waals surface area contributed by atoms with Crippen LogP contribution in [0.25, 0.3) is 0 Å². The molecule has 0 aliphatic rings. The van der Waals surface area contributed by atoms with Crippen molar-refractivity contribution in [2.24, 2.45) is 0 Å². The Hall–Kier alpha value is -4.34. The van der Waals surface area contributed by atoms with Crippen molar-refractivity contribution in [1.82, 2.24) is 10.2 Å². The molecule has 0 spiro atoms. The number of hydrogen-bond acceptors (Lipinski definition) is 5. The zero-order chi connectivity index (χ0) is 33.3. The molecule has 2 atom stereocenters. The van der Waals surface area contributed by atoms with Gasteiger partial charge < -0.3 is 15.0 Å². The Morgan fingerprint density at radius 1 is 0.826 bits per heavy atom. The molecule has 0 aliphatic carbocycles. The minimum absolute atomic E-state index is 0.0429. The van der Waals surface area contributed by atoms with Crippen molar-refractivity contribution in [3.63, 3.8) is 0 Å². The van der Waals surface area contributed by atoms with E-state index in [2.05, 4.69) is 5.32 Å². The summed E-state index contributed by atoms with van der Waals surface area (Å²) in [6.07, 6.45) is 1.05. The highest BCUT2D eigenvalue weighted by atomic mass is 35.5. The van der Waals surface area contributed by atoms with Crippen molar-refractivity contribution in [2.45, 2.75) is 64.1 Å². The summed E-state index contributed by atoms with van der Waals surface area (Å²) in [5, 5.41) is 3.52. The molecule has 8 nitrogen and oxygen atoms in total. The second-order valence-corrected chi connectivity index (χ2v) is 13.4. The van der Waals surface area contributed by atoms with Crippen LogP contribution in [0.4, 0.5) is 5.69 Å². The summed E-state index contributed by atoms with van der Waals surface area (Å²) in [5.74, 6) is 0.315.